The molecule has 10 heteroatoms. The zero-order valence-electron chi connectivity index (χ0n) is 20.0. The number of aryl methyl sites for hydroxylation is 1. The maximum atomic E-state index is 13.5. The van der Waals surface area contributed by atoms with Crippen LogP contribution in [0, 0.1) is 6.92 Å². The van der Waals surface area contributed by atoms with Gasteiger partial charge in [0, 0.05) is 12.6 Å². The van der Waals surface area contributed by atoms with E-state index in [0.717, 1.165) is 28.1 Å². The van der Waals surface area contributed by atoms with Crippen LogP contribution in [-0.4, -0.2) is 50.0 Å². The molecule has 1 N–H and O–H groups in total. The molecule has 0 bridgehead atoms. The first kappa shape index (κ1) is 28.0. The van der Waals surface area contributed by atoms with Crippen molar-refractivity contribution in [3.63, 3.8) is 0 Å². The standard InChI is InChI=1S/C24H31Cl2N3O4S/c1-6-17(3)27-24(31)18(4)28(14-19-10-7-9-16(2)13-19)22(30)15-29(34(5,32)33)21-12-8-11-20(25)23(21)26/h7-13,17-18H,6,14-15H2,1-5H3,(H,27,31)/t17-,18-/m0/s1. The number of anilines is 1. The van der Waals surface area contributed by atoms with Gasteiger partial charge in [-0.1, -0.05) is 66.0 Å². The highest BCUT2D eigenvalue weighted by atomic mass is 35.5. The van der Waals surface area contributed by atoms with E-state index in [0.29, 0.717) is 0 Å². The Balaban J connectivity index is 2.43. The highest BCUT2D eigenvalue weighted by Crippen LogP contribution is 2.33. The summed E-state index contributed by atoms with van der Waals surface area (Å²) < 4.78 is 26.1. The molecular weight excluding hydrogens is 497 g/mol. The van der Waals surface area contributed by atoms with E-state index in [4.69, 9.17) is 23.2 Å². The molecule has 0 radical (unpaired) electrons. The number of hydrogen-bond acceptors (Lipinski definition) is 4. The Bertz CT molecular complexity index is 1140. The van der Waals surface area contributed by atoms with Crippen molar-refractivity contribution in [1.82, 2.24) is 10.2 Å². The van der Waals surface area contributed by atoms with Crippen molar-refractivity contribution < 1.29 is 18.0 Å². The number of carbonyl (C=O) groups excluding carboxylic acids is 2. The molecule has 0 unspecified atom stereocenters. The number of amides is 2. The normalized spacial score (nSPS) is 13.1. The van der Waals surface area contributed by atoms with E-state index in [1.54, 1.807) is 13.0 Å². The third-order valence-electron chi connectivity index (χ3n) is 5.48. The monoisotopic (exact) mass is 527 g/mol. The molecule has 0 aliphatic heterocycles. The molecule has 2 rings (SSSR count). The zero-order chi connectivity index (χ0) is 25.6. The van der Waals surface area contributed by atoms with Gasteiger partial charge in [0.25, 0.3) is 0 Å². The minimum Gasteiger partial charge on any atom is -0.352 e. The number of hydrogen-bond donors (Lipinski definition) is 1. The minimum absolute atomic E-state index is 0.0233. The van der Waals surface area contributed by atoms with Crippen LogP contribution in [0.25, 0.3) is 0 Å². The van der Waals surface area contributed by atoms with Crippen LogP contribution in [-0.2, 0) is 26.2 Å². The van der Waals surface area contributed by atoms with Crippen LogP contribution < -0.4 is 9.62 Å². The van der Waals surface area contributed by atoms with Gasteiger partial charge in [-0.05, 0) is 44.9 Å². The van der Waals surface area contributed by atoms with Gasteiger partial charge in [-0.15, -0.1) is 0 Å². The molecule has 2 amide bonds. The van der Waals surface area contributed by atoms with Crippen molar-refractivity contribution >= 4 is 50.7 Å². The van der Waals surface area contributed by atoms with Gasteiger partial charge in [0.1, 0.15) is 12.6 Å². The first-order chi connectivity index (χ1) is 15.8. The summed E-state index contributed by atoms with van der Waals surface area (Å²) in [7, 11) is -3.89. The lowest BCUT2D eigenvalue weighted by molar-refractivity contribution is -0.139. The van der Waals surface area contributed by atoms with Crippen molar-refractivity contribution in [1.29, 1.82) is 0 Å². The number of sulfonamides is 1. The second-order valence-corrected chi connectivity index (χ2v) is 11.0. The van der Waals surface area contributed by atoms with Crippen LogP contribution in [0.1, 0.15) is 38.3 Å². The summed E-state index contributed by atoms with van der Waals surface area (Å²) in [4.78, 5) is 27.8. The maximum absolute atomic E-state index is 13.5. The molecule has 0 aliphatic rings. The number of rotatable bonds is 10. The molecule has 0 aromatic heterocycles. The Morgan fingerprint density at radius 2 is 1.74 bits per heavy atom. The largest absolute Gasteiger partial charge is 0.352 e. The van der Waals surface area contributed by atoms with Gasteiger partial charge in [-0.2, -0.15) is 0 Å². The van der Waals surface area contributed by atoms with Gasteiger partial charge < -0.3 is 10.2 Å². The molecule has 0 aliphatic carbocycles. The number of nitrogens with zero attached hydrogens (tertiary/aromatic N) is 2. The maximum Gasteiger partial charge on any atom is 0.244 e. The summed E-state index contributed by atoms with van der Waals surface area (Å²) in [6, 6.07) is 11.2. The average Bonchev–Trinajstić information content (AvgIpc) is 2.76. The van der Waals surface area contributed by atoms with Crippen LogP contribution >= 0.6 is 23.2 Å². The summed E-state index contributed by atoms with van der Waals surface area (Å²) >= 11 is 12.3. The van der Waals surface area contributed by atoms with Crippen LogP contribution in [0.5, 0.6) is 0 Å². The molecule has 0 heterocycles. The summed E-state index contributed by atoms with van der Waals surface area (Å²) in [5.74, 6) is -0.864. The summed E-state index contributed by atoms with van der Waals surface area (Å²) in [6.45, 7) is 6.99. The molecular formula is C24H31Cl2N3O4S. The SMILES string of the molecule is CC[C@H](C)NC(=O)[C@H](C)N(Cc1cccc(C)c1)C(=O)CN(c1cccc(Cl)c1Cl)S(C)(=O)=O. The van der Waals surface area contributed by atoms with Gasteiger partial charge in [0.2, 0.25) is 21.8 Å². The highest BCUT2D eigenvalue weighted by Gasteiger charge is 2.31. The van der Waals surface area contributed by atoms with Gasteiger partial charge >= 0.3 is 0 Å². The lowest BCUT2D eigenvalue weighted by Gasteiger charge is -2.32. The fourth-order valence-electron chi connectivity index (χ4n) is 3.34. The first-order valence-corrected chi connectivity index (χ1v) is 13.5. The number of halogens is 2. The summed E-state index contributed by atoms with van der Waals surface area (Å²) in [5.41, 5.74) is 1.92. The molecule has 2 aromatic rings. The van der Waals surface area contributed by atoms with Crippen molar-refractivity contribution in [2.75, 3.05) is 17.1 Å². The predicted octanol–water partition coefficient (Wildman–Crippen LogP) is 4.40. The first-order valence-electron chi connectivity index (χ1n) is 10.9. The predicted molar refractivity (Wildman–Crippen MR) is 138 cm³/mol. The van der Waals surface area contributed by atoms with Crippen molar-refractivity contribution in [3.8, 4) is 0 Å². The van der Waals surface area contributed by atoms with E-state index < -0.39 is 28.5 Å². The van der Waals surface area contributed by atoms with Crippen molar-refractivity contribution in [2.24, 2.45) is 0 Å². The van der Waals surface area contributed by atoms with E-state index in [-0.39, 0.29) is 34.2 Å². The zero-order valence-corrected chi connectivity index (χ0v) is 22.3. The fourth-order valence-corrected chi connectivity index (χ4v) is 4.64. The smallest absolute Gasteiger partial charge is 0.244 e. The molecule has 7 nitrogen and oxygen atoms in total. The second-order valence-electron chi connectivity index (χ2n) is 8.35. The molecule has 2 aromatic carbocycles. The molecule has 186 valence electrons. The average molecular weight is 529 g/mol. The Labute approximate surface area is 212 Å². The van der Waals surface area contributed by atoms with Crippen molar-refractivity contribution in [2.45, 2.75) is 52.7 Å². The lowest BCUT2D eigenvalue weighted by atomic mass is 10.1. The Kier molecular flexibility index (Phi) is 9.79. The lowest BCUT2D eigenvalue weighted by Crippen LogP contribution is -2.52. The molecule has 0 saturated heterocycles. The van der Waals surface area contributed by atoms with Crippen LogP contribution in [0.3, 0.4) is 0 Å². The number of carbonyl (C=O) groups is 2. The molecule has 0 fully saturated rings. The van der Waals surface area contributed by atoms with Crippen LogP contribution in [0.4, 0.5) is 5.69 Å². The molecule has 34 heavy (non-hydrogen) atoms. The van der Waals surface area contributed by atoms with E-state index >= 15 is 0 Å². The molecule has 0 saturated carbocycles. The Hall–Kier alpha value is -2.29. The third-order valence-corrected chi connectivity index (χ3v) is 7.42. The minimum atomic E-state index is -3.89. The van der Waals surface area contributed by atoms with E-state index in [1.165, 1.54) is 17.0 Å². The van der Waals surface area contributed by atoms with Gasteiger partial charge in [0.05, 0.1) is 22.0 Å². The van der Waals surface area contributed by atoms with Crippen LogP contribution in [0.15, 0.2) is 42.5 Å². The number of nitrogens with one attached hydrogen (secondary N) is 1. The summed E-state index contributed by atoms with van der Waals surface area (Å²) in [6.07, 6.45) is 1.72. The Morgan fingerprint density at radius 3 is 2.32 bits per heavy atom. The van der Waals surface area contributed by atoms with E-state index in [2.05, 4.69) is 5.32 Å². The van der Waals surface area contributed by atoms with E-state index in [1.807, 2.05) is 45.0 Å². The van der Waals surface area contributed by atoms with Gasteiger partial charge in [-0.3, -0.25) is 13.9 Å². The van der Waals surface area contributed by atoms with Crippen LogP contribution in [0.2, 0.25) is 10.0 Å². The van der Waals surface area contributed by atoms with E-state index in [9.17, 15) is 18.0 Å². The quantitative estimate of drug-likeness (QED) is 0.495. The second kappa shape index (κ2) is 11.9. The topological polar surface area (TPSA) is 86.8 Å². The van der Waals surface area contributed by atoms with Crippen molar-refractivity contribution in [3.05, 3.63) is 63.6 Å². The van der Waals surface area contributed by atoms with Gasteiger partial charge in [-0.25, -0.2) is 8.42 Å². The number of benzene rings is 2. The summed E-state index contributed by atoms with van der Waals surface area (Å²) in [5, 5.41) is 3.08. The highest BCUT2D eigenvalue weighted by molar-refractivity contribution is 7.92. The Morgan fingerprint density at radius 1 is 1.09 bits per heavy atom. The third kappa shape index (κ3) is 7.35. The van der Waals surface area contributed by atoms with Gasteiger partial charge in [0.15, 0.2) is 0 Å². The molecule has 0 spiro atoms. The molecule has 2 atom stereocenters. The fraction of sp³-hybridized carbons (Fsp3) is 0.417.